The molecule has 0 unspecified atom stereocenters. The predicted octanol–water partition coefficient (Wildman–Crippen LogP) is 3.90. The number of aryl methyl sites for hydroxylation is 1. The molecular formula is C16H12IN3O2. The Labute approximate surface area is 140 Å². The van der Waals surface area contributed by atoms with Gasteiger partial charge in [-0.1, -0.05) is 6.07 Å². The first-order chi connectivity index (χ1) is 10.6. The molecule has 3 aromatic rings. The van der Waals surface area contributed by atoms with Gasteiger partial charge in [0.15, 0.2) is 0 Å². The van der Waals surface area contributed by atoms with Crippen LogP contribution in [0.4, 0.5) is 5.69 Å². The number of anilines is 1. The van der Waals surface area contributed by atoms with Crippen molar-refractivity contribution in [1.29, 1.82) is 0 Å². The van der Waals surface area contributed by atoms with Gasteiger partial charge in [-0.25, -0.2) is 0 Å². The molecule has 6 heteroatoms. The van der Waals surface area contributed by atoms with Gasteiger partial charge in [0.2, 0.25) is 12.3 Å². The van der Waals surface area contributed by atoms with E-state index in [2.05, 4.69) is 38.1 Å². The molecule has 5 nitrogen and oxygen atoms in total. The number of benzene rings is 2. The Morgan fingerprint density at radius 2 is 1.95 bits per heavy atom. The number of amides is 1. The van der Waals surface area contributed by atoms with Crippen molar-refractivity contribution in [2.24, 2.45) is 0 Å². The SMILES string of the molecule is Cc1ccc(NC(=O)c2ccc(-c3nnco3)cc2)cc1I. The van der Waals surface area contributed by atoms with Crippen LogP contribution in [-0.2, 0) is 0 Å². The standard InChI is InChI=1S/C16H12IN3O2/c1-10-2-7-13(8-14(10)17)19-15(21)11-3-5-12(6-4-11)16-20-18-9-22-16/h2-9H,1H3,(H,19,21). The number of nitrogens with one attached hydrogen (secondary N) is 1. The normalized spacial score (nSPS) is 10.5. The molecule has 0 radical (unpaired) electrons. The largest absolute Gasteiger partial charge is 0.423 e. The average Bonchev–Trinajstić information content (AvgIpc) is 3.05. The average molecular weight is 405 g/mol. The number of hydrogen-bond donors (Lipinski definition) is 1. The van der Waals surface area contributed by atoms with E-state index >= 15 is 0 Å². The van der Waals surface area contributed by atoms with Crippen LogP contribution in [0, 0.1) is 10.5 Å². The molecule has 2 aromatic carbocycles. The van der Waals surface area contributed by atoms with Crippen molar-refractivity contribution in [2.75, 3.05) is 5.32 Å². The van der Waals surface area contributed by atoms with E-state index in [1.807, 2.05) is 25.1 Å². The Hall–Kier alpha value is -2.22. The highest BCUT2D eigenvalue weighted by Gasteiger charge is 2.09. The second-order valence-electron chi connectivity index (χ2n) is 4.74. The maximum absolute atomic E-state index is 12.2. The van der Waals surface area contributed by atoms with Crippen molar-refractivity contribution in [1.82, 2.24) is 10.2 Å². The zero-order chi connectivity index (χ0) is 15.5. The summed E-state index contributed by atoms with van der Waals surface area (Å²) in [4.78, 5) is 12.2. The third kappa shape index (κ3) is 3.16. The fourth-order valence-corrected chi connectivity index (χ4v) is 2.45. The van der Waals surface area contributed by atoms with Gasteiger partial charge < -0.3 is 9.73 Å². The first kappa shape index (κ1) is 14.7. The minimum absolute atomic E-state index is 0.156. The van der Waals surface area contributed by atoms with E-state index in [1.165, 1.54) is 12.0 Å². The summed E-state index contributed by atoms with van der Waals surface area (Å²) in [6.07, 6.45) is 1.27. The molecule has 0 bridgehead atoms. The number of carbonyl (C=O) groups is 1. The van der Waals surface area contributed by atoms with Gasteiger partial charge in [0, 0.05) is 20.4 Å². The van der Waals surface area contributed by atoms with Gasteiger partial charge >= 0.3 is 0 Å². The molecule has 1 N–H and O–H groups in total. The van der Waals surface area contributed by atoms with Crippen LogP contribution in [0.15, 0.2) is 53.3 Å². The maximum Gasteiger partial charge on any atom is 0.255 e. The third-order valence-electron chi connectivity index (χ3n) is 3.18. The summed E-state index contributed by atoms with van der Waals surface area (Å²) in [6.45, 7) is 2.03. The Morgan fingerprint density at radius 3 is 2.59 bits per heavy atom. The van der Waals surface area contributed by atoms with Crippen LogP contribution in [0.2, 0.25) is 0 Å². The van der Waals surface area contributed by atoms with Gasteiger partial charge in [0.25, 0.3) is 5.91 Å². The fourth-order valence-electron chi connectivity index (χ4n) is 1.94. The summed E-state index contributed by atoms with van der Waals surface area (Å²) < 4.78 is 6.23. The molecule has 0 saturated heterocycles. The highest BCUT2D eigenvalue weighted by Crippen LogP contribution is 2.19. The van der Waals surface area contributed by atoms with Gasteiger partial charge in [-0.3, -0.25) is 4.79 Å². The highest BCUT2D eigenvalue weighted by molar-refractivity contribution is 14.1. The molecular weight excluding hydrogens is 393 g/mol. The van der Waals surface area contributed by atoms with E-state index in [4.69, 9.17) is 4.42 Å². The van der Waals surface area contributed by atoms with Crippen molar-refractivity contribution in [2.45, 2.75) is 6.92 Å². The van der Waals surface area contributed by atoms with Gasteiger partial charge in [-0.15, -0.1) is 10.2 Å². The summed E-state index contributed by atoms with van der Waals surface area (Å²) in [6, 6.07) is 12.8. The number of aromatic nitrogens is 2. The Balaban J connectivity index is 1.76. The lowest BCUT2D eigenvalue weighted by atomic mass is 10.1. The van der Waals surface area contributed by atoms with Crippen molar-refractivity contribution in [3.63, 3.8) is 0 Å². The van der Waals surface area contributed by atoms with Crippen molar-refractivity contribution < 1.29 is 9.21 Å². The van der Waals surface area contributed by atoms with E-state index in [-0.39, 0.29) is 5.91 Å². The van der Waals surface area contributed by atoms with Crippen LogP contribution in [0.5, 0.6) is 0 Å². The minimum Gasteiger partial charge on any atom is -0.423 e. The Morgan fingerprint density at radius 1 is 1.18 bits per heavy atom. The smallest absolute Gasteiger partial charge is 0.255 e. The van der Waals surface area contributed by atoms with Gasteiger partial charge in [-0.05, 0) is 71.5 Å². The van der Waals surface area contributed by atoms with E-state index in [1.54, 1.807) is 24.3 Å². The lowest BCUT2D eigenvalue weighted by Crippen LogP contribution is -2.11. The topological polar surface area (TPSA) is 68.0 Å². The molecule has 1 heterocycles. The summed E-state index contributed by atoms with van der Waals surface area (Å²) in [5.74, 6) is 0.275. The van der Waals surface area contributed by atoms with Crippen LogP contribution in [0.3, 0.4) is 0 Å². The first-order valence-corrected chi connectivity index (χ1v) is 7.65. The Kier molecular flexibility index (Phi) is 4.19. The van der Waals surface area contributed by atoms with Crippen molar-refractivity contribution in [3.05, 3.63) is 63.6 Å². The van der Waals surface area contributed by atoms with Gasteiger partial charge in [0.1, 0.15) is 0 Å². The van der Waals surface area contributed by atoms with Crippen molar-refractivity contribution >= 4 is 34.2 Å². The zero-order valence-electron chi connectivity index (χ0n) is 11.7. The van der Waals surface area contributed by atoms with E-state index in [9.17, 15) is 4.79 Å². The summed E-state index contributed by atoms with van der Waals surface area (Å²) in [7, 11) is 0. The van der Waals surface area contributed by atoms with Crippen LogP contribution >= 0.6 is 22.6 Å². The third-order valence-corrected chi connectivity index (χ3v) is 4.35. The first-order valence-electron chi connectivity index (χ1n) is 6.57. The molecule has 110 valence electrons. The highest BCUT2D eigenvalue weighted by atomic mass is 127. The van der Waals surface area contributed by atoms with Crippen LogP contribution in [0.25, 0.3) is 11.5 Å². The number of nitrogens with zero attached hydrogens (tertiary/aromatic N) is 2. The lowest BCUT2D eigenvalue weighted by Gasteiger charge is -2.07. The van der Waals surface area contributed by atoms with Crippen LogP contribution < -0.4 is 5.32 Å². The molecule has 0 atom stereocenters. The predicted molar refractivity (Wildman–Crippen MR) is 91.6 cm³/mol. The van der Waals surface area contributed by atoms with Gasteiger partial charge in [0.05, 0.1) is 0 Å². The lowest BCUT2D eigenvalue weighted by molar-refractivity contribution is 0.102. The van der Waals surface area contributed by atoms with E-state index in [0.29, 0.717) is 11.5 Å². The molecule has 0 aliphatic carbocycles. The number of halogens is 1. The van der Waals surface area contributed by atoms with E-state index < -0.39 is 0 Å². The molecule has 3 rings (SSSR count). The molecule has 1 aromatic heterocycles. The van der Waals surface area contributed by atoms with Crippen LogP contribution in [0.1, 0.15) is 15.9 Å². The summed E-state index contributed by atoms with van der Waals surface area (Å²) >= 11 is 2.25. The number of hydrogen-bond acceptors (Lipinski definition) is 4. The second-order valence-corrected chi connectivity index (χ2v) is 5.90. The molecule has 0 spiro atoms. The molecule has 0 fully saturated rings. The van der Waals surface area contributed by atoms with Crippen LogP contribution in [-0.4, -0.2) is 16.1 Å². The number of carbonyl (C=O) groups excluding carboxylic acids is 1. The zero-order valence-corrected chi connectivity index (χ0v) is 13.9. The molecule has 0 aliphatic heterocycles. The molecule has 1 amide bonds. The molecule has 0 saturated carbocycles. The van der Waals surface area contributed by atoms with Crippen molar-refractivity contribution in [3.8, 4) is 11.5 Å². The minimum atomic E-state index is -0.156. The maximum atomic E-state index is 12.2. The summed E-state index contributed by atoms with van der Waals surface area (Å²) in [5.41, 5.74) is 3.31. The molecule has 0 aliphatic rings. The quantitative estimate of drug-likeness (QED) is 0.672. The molecule has 22 heavy (non-hydrogen) atoms. The summed E-state index contributed by atoms with van der Waals surface area (Å²) in [5, 5.41) is 10.3. The second kappa shape index (κ2) is 6.27. The monoisotopic (exact) mass is 405 g/mol. The van der Waals surface area contributed by atoms with Gasteiger partial charge in [-0.2, -0.15) is 0 Å². The van der Waals surface area contributed by atoms with E-state index in [0.717, 1.165) is 14.8 Å². The Bertz CT molecular complexity index is 799. The fraction of sp³-hybridized carbons (Fsp3) is 0.0625. The number of rotatable bonds is 3.